The summed E-state index contributed by atoms with van der Waals surface area (Å²) in [6.07, 6.45) is 7.39. The monoisotopic (exact) mass is 451 g/mol. The summed E-state index contributed by atoms with van der Waals surface area (Å²) < 4.78 is 12.4. The molecule has 0 unspecified atom stereocenters. The van der Waals surface area contributed by atoms with Crippen molar-refractivity contribution in [2.75, 3.05) is 26.3 Å². The van der Waals surface area contributed by atoms with Gasteiger partial charge in [-0.15, -0.1) is 0 Å². The summed E-state index contributed by atoms with van der Waals surface area (Å²) in [5.41, 5.74) is 12.5. The van der Waals surface area contributed by atoms with Crippen molar-refractivity contribution in [3.8, 4) is 0 Å². The van der Waals surface area contributed by atoms with Crippen molar-refractivity contribution in [2.24, 2.45) is 0 Å². The van der Waals surface area contributed by atoms with Crippen LogP contribution in [-0.2, 0) is 12.8 Å². The Balaban J connectivity index is 1.52. The fourth-order valence-electron chi connectivity index (χ4n) is 5.49. The highest BCUT2D eigenvalue weighted by Crippen LogP contribution is 2.40. The van der Waals surface area contributed by atoms with E-state index in [0.717, 1.165) is 38.9 Å². The molecule has 1 saturated heterocycles. The zero-order valence-electron chi connectivity index (χ0n) is 20.2. The van der Waals surface area contributed by atoms with E-state index < -0.39 is 0 Å². The van der Waals surface area contributed by atoms with E-state index in [1.165, 1.54) is 56.5 Å². The van der Waals surface area contributed by atoms with Crippen LogP contribution in [0.2, 0.25) is 0 Å². The number of halogens is 1. The van der Waals surface area contributed by atoms with Gasteiger partial charge in [0.15, 0.2) is 0 Å². The smallest absolute Gasteiger partial charge is 0.0906 e. The molecule has 0 radical (unpaired) electrons. The molecule has 0 saturated carbocycles. The quantitative estimate of drug-likeness (QED) is 0.357. The maximum absolute atomic E-state index is 12.4. The topological polar surface area (TPSA) is 3.24 Å². The molecule has 5 rings (SSSR count). The number of benzene rings is 3. The fourth-order valence-corrected chi connectivity index (χ4v) is 5.49. The highest BCUT2D eigenvalue weighted by atomic mass is 19.1. The third kappa shape index (κ3) is 4.79. The molecule has 34 heavy (non-hydrogen) atoms. The van der Waals surface area contributed by atoms with Crippen LogP contribution in [-0.4, -0.2) is 31.2 Å². The number of allylic oxidation sites excluding steroid dienone is 1. The summed E-state index contributed by atoms with van der Waals surface area (Å²) in [4.78, 5) is 2.31. The standard InChI is InChI=1S/C32H34FN/c1-2-26-9-3-5-12-29(26)31-14-7-11-27-10-4-6-13-30(27)32(31)28-17-15-24(16-18-28)21-25-22-34(23-25)20-8-19-33/h3-6,9-10,12-13,15-18,21H,2,7-8,11,14,19-20,22-23H2,1H3. The van der Waals surface area contributed by atoms with E-state index in [9.17, 15) is 4.39 Å². The largest absolute Gasteiger partial charge is 0.295 e. The van der Waals surface area contributed by atoms with Gasteiger partial charge in [-0.05, 0) is 82.2 Å². The predicted molar refractivity (Wildman–Crippen MR) is 143 cm³/mol. The molecule has 1 fully saturated rings. The van der Waals surface area contributed by atoms with E-state index in [1.54, 1.807) is 0 Å². The fraction of sp³-hybridized carbons (Fsp3) is 0.312. The second kappa shape index (κ2) is 10.5. The van der Waals surface area contributed by atoms with Gasteiger partial charge >= 0.3 is 0 Å². The zero-order chi connectivity index (χ0) is 23.3. The maximum atomic E-state index is 12.4. The second-order valence-corrected chi connectivity index (χ2v) is 9.55. The van der Waals surface area contributed by atoms with Gasteiger partial charge in [0.25, 0.3) is 0 Å². The summed E-state index contributed by atoms with van der Waals surface area (Å²) in [5, 5.41) is 0. The Morgan fingerprint density at radius 3 is 2.35 bits per heavy atom. The van der Waals surface area contributed by atoms with Crippen molar-refractivity contribution in [1.29, 1.82) is 0 Å². The van der Waals surface area contributed by atoms with Crippen molar-refractivity contribution < 1.29 is 4.39 Å². The van der Waals surface area contributed by atoms with Gasteiger partial charge in [0.1, 0.15) is 0 Å². The lowest BCUT2D eigenvalue weighted by atomic mass is 9.85. The van der Waals surface area contributed by atoms with Crippen LogP contribution in [0.15, 0.2) is 78.4 Å². The first-order chi connectivity index (χ1) is 16.8. The first kappa shape index (κ1) is 22.8. The summed E-state index contributed by atoms with van der Waals surface area (Å²) in [5.74, 6) is 0. The average molecular weight is 452 g/mol. The van der Waals surface area contributed by atoms with Crippen LogP contribution in [0.1, 0.15) is 59.6 Å². The Kier molecular flexibility index (Phi) is 7.06. The SMILES string of the molecule is CCc1ccccc1C1=C(c2ccc(C=C3CN(CCCF)C3)cc2)c2ccccc2CCC1. The minimum absolute atomic E-state index is 0.222. The number of aryl methyl sites for hydroxylation is 2. The number of rotatable bonds is 7. The average Bonchev–Trinajstić information content (AvgIpc) is 3.05. The van der Waals surface area contributed by atoms with Crippen molar-refractivity contribution in [3.05, 3.63) is 112 Å². The van der Waals surface area contributed by atoms with Crippen LogP contribution in [0.3, 0.4) is 0 Å². The number of likely N-dealkylation sites (tertiary alicyclic amines) is 1. The molecule has 1 aliphatic heterocycles. The summed E-state index contributed by atoms with van der Waals surface area (Å²) >= 11 is 0. The lowest BCUT2D eigenvalue weighted by Crippen LogP contribution is -2.40. The molecule has 1 nitrogen and oxygen atoms in total. The highest BCUT2D eigenvalue weighted by Gasteiger charge is 2.22. The molecule has 3 aromatic rings. The molecule has 0 atom stereocenters. The Morgan fingerprint density at radius 1 is 0.853 bits per heavy atom. The van der Waals surface area contributed by atoms with Crippen LogP contribution in [0.25, 0.3) is 17.2 Å². The third-order valence-electron chi connectivity index (χ3n) is 7.22. The van der Waals surface area contributed by atoms with E-state index in [-0.39, 0.29) is 6.67 Å². The molecule has 2 heteroatoms. The minimum atomic E-state index is -0.222. The zero-order valence-corrected chi connectivity index (χ0v) is 20.2. The molecular formula is C32H34FN. The number of hydrogen-bond donors (Lipinski definition) is 0. The van der Waals surface area contributed by atoms with E-state index in [0.29, 0.717) is 6.42 Å². The van der Waals surface area contributed by atoms with Crippen molar-refractivity contribution in [2.45, 2.75) is 39.0 Å². The van der Waals surface area contributed by atoms with Gasteiger partial charge in [-0.2, -0.15) is 0 Å². The van der Waals surface area contributed by atoms with Gasteiger partial charge in [-0.1, -0.05) is 85.8 Å². The summed E-state index contributed by atoms with van der Waals surface area (Å²) in [6.45, 7) is 4.84. The van der Waals surface area contributed by atoms with E-state index >= 15 is 0 Å². The molecule has 1 aliphatic carbocycles. The predicted octanol–water partition coefficient (Wildman–Crippen LogP) is 7.60. The van der Waals surface area contributed by atoms with Gasteiger partial charge in [0, 0.05) is 19.6 Å². The molecule has 0 aromatic heterocycles. The molecule has 1 heterocycles. The van der Waals surface area contributed by atoms with Crippen LogP contribution in [0.5, 0.6) is 0 Å². The lowest BCUT2D eigenvalue weighted by molar-refractivity contribution is 0.239. The highest BCUT2D eigenvalue weighted by molar-refractivity contribution is 6.00. The van der Waals surface area contributed by atoms with Gasteiger partial charge in [-0.25, -0.2) is 0 Å². The van der Waals surface area contributed by atoms with E-state index in [1.807, 2.05) is 0 Å². The Bertz CT molecular complexity index is 1190. The number of hydrogen-bond acceptors (Lipinski definition) is 1. The first-order valence-electron chi connectivity index (χ1n) is 12.7. The second-order valence-electron chi connectivity index (χ2n) is 9.55. The molecule has 2 aliphatic rings. The molecular weight excluding hydrogens is 417 g/mol. The molecule has 0 bridgehead atoms. The first-order valence-corrected chi connectivity index (χ1v) is 12.7. The maximum Gasteiger partial charge on any atom is 0.0906 e. The van der Waals surface area contributed by atoms with Crippen LogP contribution >= 0.6 is 0 Å². The minimum Gasteiger partial charge on any atom is -0.295 e. The lowest BCUT2D eigenvalue weighted by Gasteiger charge is -2.33. The van der Waals surface area contributed by atoms with Crippen LogP contribution < -0.4 is 0 Å². The van der Waals surface area contributed by atoms with Gasteiger partial charge in [0.2, 0.25) is 0 Å². The van der Waals surface area contributed by atoms with Gasteiger partial charge in [0.05, 0.1) is 6.67 Å². The van der Waals surface area contributed by atoms with Crippen molar-refractivity contribution >= 4 is 17.2 Å². The van der Waals surface area contributed by atoms with Gasteiger partial charge in [-0.3, -0.25) is 9.29 Å². The van der Waals surface area contributed by atoms with Crippen LogP contribution in [0, 0.1) is 0 Å². The summed E-state index contributed by atoms with van der Waals surface area (Å²) in [7, 11) is 0. The van der Waals surface area contributed by atoms with Crippen LogP contribution in [0.4, 0.5) is 4.39 Å². The normalized spacial score (nSPS) is 16.1. The third-order valence-corrected chi connectivity index (χ3v) is 7.22. The Labute approximate surface area is 203 Å². The van der Waals surface area contributed by atoms with Gasteiger partial charge < -0.3 is 0 Å². The molecule has 174 valence electrons. The number of fused-ring (bicyclic) bond motifs is 1. The molecule has 0 spiro atoms. The number of alkyl halides is 1. The Hall–Kier alpha value is -2.97. The number of nitrogens with zero attached hydrogens (tertiary/aromatic N) is 1. The molecule has 0 amide bonds. The van der Waals surface area contributed by atoms with E-state index in [4.69, 9.17) is 0 Å². The molecule has 0 N–H and O–H groups in total. The summed E-state index contributed by atoms with van der Waals surface area (Å²) in [6, 6.07) is 27.0. The van der Waals surface area contributed by atoms with Crippen molar-refractivity contribution in [3.63, 3.8) is 0 Å². The molecule has 3 aromatic carbocycles. The Morgan fingerprint density at radius 2 is 1.59 bits per heavy atom. The van der Waals surface area contributed by atoms with Crippen molar-refractivity contribution in [1.82, 2.24) is 4.90 Å². The van der Waals surface area contributed by atoms with E-state index in [2.05, 4.69) is 90.7 Å².